The van der Waals surface area contributed by atoms with Crippen LogP contribution in [0.25, 0.3) is 0 Å². The Morgan fingerprint density at radius 2 is 1.76 bits per heavy atom. The van der Waals surface area contributed by atoms with Crippen molar-refractivity contribution in [2.45, 2.75) is 57.8 Å². The van der Waals surface area contributed by atoms with E-state index in [9.17, 15) is 24.3 Å². The molecule has 1 aromatic rings. The van der Waals surface area contributed by atoms with Gasteiger partial charge in [0.15, 0.2) is 11.5 Å². The van der Waals surface area contributed by atoms with E-state index in [-0.39, 0.29) is 30.6 Å². The standard InChI is InChI=1S/C21H32N4O8/c1-11(2)6-13(17(27)21(4)10-32-21)22-20(30)16(9-31-5)24-19(29)15(8-26)23-18(28)14-7-12(3)33-25-14/h7,11,13,15-16,26H,6,8-10H2,1-5H3,(H,22,30)(H,23,28)(H,24,29)/t13?,15?,16-,21+/m0/s1. The number of methoxy groups -OCH3 is 1. The Hall–Kier alpha value is -2.83. The first-order valence-electron chi connectivity index (χ1n) is 10.6. The van der Waals surface area contributed by atoms with Crippen molar-refractivity contribution in [1.29, 1.82) is 0 Å². The monoisotopic (exact) mass is 468 g/mol. The molecule has 2 unspecified atom stereocenters. The number of epoxide rings is 1. The van der Waals surface area contributed by atoms with Gasteiger partial charge >= 0.3 is 0 Å². The second-order valence-corrected chi connectivity index (χ2v) is 8.62. The molecule has 0 spiro atoms. The lowest BCUT2D eigenvalue weighted by molar-refractivity contribution is -0.134. The molecule has 12 heteroatoms. The van der Waals surface area contributed by atoms with E-state index < -0.39 is 48.1 Å². The average molecular weight is 469 g/mol. The van der Waals surface area contributed by atoms with Crippen LogP contribution in [0.2, 0.25) is 0 Å². The third-order valence-electron chi connectivity index (χ3n) is 5.07. The van der Waals surface area contributed by atoms with Crippen LogP contribution in [0.15, 0.2) is 10.6 Å². The van der Waals surface area contributed by atoms with Gasteiger partial charge in [0.1, 0.15) is 23.4 Å². The smallest absolute Gasteiger partial charge is 0.274 e. The summed E-state index contributed by atoms with van der Waals surface area (Å²) in [4.78, 5) is 50.5. The molecule has 0 saturated carbocycles. The molecular weight excluding hydrogens is 436 g/mol. The Morgan fingerprint density at radius 3 is 2.24 bits per heavy atom. The van der Waals surface area contributed by atoms with Crippen molar-refractivity contribution in [3.63, 3.8) is 0 Å². The van der Waals surface area contributed by atoms with Crippen LogP contribution >= 0.6 is 0 Å². The minimum atomic E-state index is -1.35. The maximum Gasteiger partial charge on any atom is 0.274 e. The van der Waals surface area contributed by atoms with Gasteiger partial charge < -0.3 is 35.1 Å². The van der Waals surface area contributed by atoms with E-state index in [0.29, 0.717) is 12.2 Å². The van der Waals surface area contributed by atoms with Crippen molar-refractivity contribution in [2.24, 2.45) is 5.92 Å². The van der Waals surface area contributed by atoms with Crippen molar-refractivity contribution >= 4 is 23.5 Å². The number of aliphatic hydroxyl groups is 1. The molecule has 33 heavy (non-hydrogen) atoms. The molecule has 1 aromatic heterocycles. The lowest BCUT2D eigenvalue weighted by atomic mass is 9.93. The molecule has 1 aliphatic heterocycles. The van der Waals surface area contributed by atoms with Gasteiger partial charge in [0.2, 0.25) is 11.8 Å². The van der Waals surface area contributed by atoms with Crippen LogP contribution in [0.1, 0.15) is 43.4 Å². The molecule has 2 rings (SSSR count). The summed E-state index contributed by atoms with van der Waals surface area (Å²) >= 11 is 0. The zero-order valence-electron chi connectivity index (χ0n) is 19.5. The van der Waals surface area contributed by atoms with Gasteiger partial charge in [-0.15, -0.1) is 0 Å². The highest BCUT2D eigenvalue weighted by atomic mass is 16.6. The van der Waals surface area contributed by atoms with Crippen LogP contribution in [-0.4, -0.2) is 84.4 Å². The predicted octanol–water partition coefficient (Wildman–Crippen LogP) is -0.906. The number of aliphatic hydroxyl groups excluding tert-OH is 1. The number of hydrogen-bond donors (Lipinski definition) is 4. The van der Waals surface area contributed by atoms with Crippen LogP contribution in [-0.2, 0) is 23.9 Å². The molecule has 0 radical (unpaired) electrons. The minimum Gasteiger partial charge on any atom is -0.394 e. The summed E-state index contributed by atoms with van der Waals surface area (Å²) in [5, 5.41) is 20.6. The molecular formula is C21H32N4O8. The van der Waals surface area contributed by atoms with Crippen molar-refractivity contribution in [3.05, 3.63) is 17.5 Å². The number of carbonyl (C=O) groups is 4. The van der Waals surface area contributed by atoms with E-state index in [1.165, 1.54) is 13.2 Å². The van der Waals surface area contributed by atoms with Gasteiger partial charge in [0.05, 0.1) is 25.9 Å². The van der Waals surface area contributed by atoms with Crippen molar-refractivity contribution in [1.82, 2.24) is 21.1 Å². The normalized spacial score (nSPS) is 20.0. The number of amides is 3. The molecule has 0 aliphatic carbocycles. The maximum absolute atomic E-state index is 12.9. The predicted molar refractivity (Wildman–Crippen MR) is 114 cm³/mol. The number of nitrogens with zero attached hydrogens (tertiary/aromatic N) is 1. The van der Waals surface area contributed by atoms with Gasteiger partial charge in [-0.05, 0) is 26.2 Å². The van der Waals surface area contributed by atoms with Crippen molar-refractivity contribution in [2.75, 3.05) is 26.9 Å². The summed E-state index contributed by atoms with van der Waals surface area (Å²) < 4.78 is 15.1. The fraction of sp³-hybridized carbons (Fsp3) is 0.667. The minimum absolute atomic E-state index is 0.0595. The van der Waals surface area contributed by atoms with Gasteiger partial charge in [-0.3, -0.25) is 19.2 Å². The van der Waals surface area contributed by atoms with Gasteiger partial charge in [0, 0.05) is 13.2 Å². The summed E-state index contributed by atoms with van der Waals surface area (Å²) in [6.45, 7) is 6.47. The number of Topliss-reactive ketones (excluding diaryl/α,β-unsaturated/α-hetero) is 1. The number of rotatable bonds is 13. The molecule has 1 fully saturated rings. The van der Waals surface area contributed by atoms with Gasteiger partial charge in [-0.2, -0.15) is 0 Å². The Morgan fingerprint density at radius 1 is 1.15 bits per heavy atom. The molecule has 1 aliphatic rings. The molecule has 2 heterocycles. The number of ketones is 1. The fourth-order valence-corrected chi connectivity index (χ4v) is 3.12. The first-order valence-corrected chi connectivity index (χ1v) is 10.6. The van der Waals surface area contributed by atoms with E-state index in [2.05, 4.69) is 21.1 Å². The SMILES string of the molecule is COC[C@H](NC(=O)C(CO)NC(=O)c1cc(C)on1)C(=O)NC(CC(C)C)C(=O)[C@@]1(C)CO1. The number of hydrogen-bond acceptors (Lipinski definition) is 9. The zero-order valence-corrected chi connectivity index (χ0v) is 19.5. The van der Waals surface area contributed by atoms with Gasteiger partial charge in [-0.1, -0.05) is 19.0 Å². The van der Waals surface area contributed by atoms with Crippen LogP contribution in [0.5, 0.6) is 0 Å². The van der Waals surface area contributed by atoms with E-state index >= 15 is 0 Å². The molecule has 1 saturated heterocycles. The van der Waals surface area contributed by atoms with Crippen molar-refractivity contribution < 1.29 is 38.3 Å². The molecule has 12 nitrogen and oxygen atoms in total. The van der Waals surface area contributed by atoms with Gasteiger partial charge in [0.25, 0.3) is 5.91 Å². The summed E-state index contributed by atoms with van der Waals surface area (Å²) in [5.74, 6) is -1.90. The Bertz CT molecular complexity index is 864. The van der Waals surface area contributed by atoms with Crippen LogP contribution in [0.4, 0.5) is 0 Å². The Labute approximate surface area is 191 Å². The second-order valence-electron chi connectivity index (χ2n) is 8.62. The summed E-state index contributed by atoms with van der Waals surface area (Å²) in [5.41, 5.74) is -0.978. The van der Waals surface area contributed by atoms with E-state index in [1.807, 2.05) is 13.8 Å². The number of ether oxygens (including phenoxy) is 2. The lowest BCUT2D eigenvalue weighted by Gasteiger charge is -2.25. The van der Waals surface area contributed by atoms with Gasteiger partial charge in [-0.25, -0.2) is 0 Å². The highest BCUT2D eigenvalue weighted by Crippen LogP contribution is 2.29. The third-order valence-corrected chi connectivity index (χ3v) is 5.07. The molecule has 0 aromatic carbocycles. The molecule has 0 bridgehead atoms. The molecule has 4 atom stereocenters. The number of carbonyl (C=O) groups excluding carboxylic acids is 4. The molecule has 3 amide bonds. The first-order chi connectivity index (χ1) is 15.5. The van der Waals surface area contributed by atoms with E-state index in [1.54, 1.807) is 13.8 Å². The largest absolute Gasteiger partial charge is 0.394 e. The number of aromatic nitrogens is 1. The van der Waals surface area contributed by atoms with Crippen LogP contribution < -0.4 is 16.0 Å². The van der Waals surface area contributed by atoms with Crippen LogP contribution in [0.3, 0.4) is 0 Å². The van der Waals surface area contributed by atoms with E-state index in [0.717, 1.165) is 0 Å². The molecule has 4 N–H and O–H groups in total. The highest BCUT2D eigenvalue weighted by Gasteiger charge is 2.50. The molecule has 184 valence electrons. The number of nitrogens with one attached hydrogen (secondary N) is 3. The third kappa shape index (κ3) is 7.34. The Kier molecular flexibility index (Phi) is 9.08. The van der Waals surface area contributed by atoms with Crippen LogP contribution in [0, 0.1) is 12.8 Å². The van der Waals surface area contributed by atoms with Crippen molar-refractivity contribution in [3.8, 4) is 0 Å². The maximum atomic E-state index is 12.9. The first kappa shape index (κ1) is 26.4. The van der Waals surface area contributed by atoms with E-state index in [4.69, 9.17) is 14.0 Å². The lowest BCUT2D eigenvalue weighted by Crippen LogP contribution is -2.58. The summed E-state index contributed by atoms with van der Waals surface area (Å²) in [6, 6.07) is -1.95. The topological polar surface area (TPSA) is 172 Å². The second kappa shape index (κ2) is 11.3. The average Bonchev–Trinajstić information content (AvgIpc) is 3.35. The Balaban J connectivity index is 2.05. The summed E-state index contributed by atoms with van der Waals surface area (Å²) in [7, 11) is 1.35. The fourth-order valence-electron chi connectivity index (χ4n) is 3.12. The zero-order chi connectivity index (χ0) is 24.8. The summed E-state index contributed by atoms with van der Waals surface area (Å²) in [6.07, 6.45) is 0.392. The quantitative estimate of drug-likeness (QED) is 0.267. The highest BCUT2D eigenvalue weighted by molar-refractivity contribution is 5.99. The number of aryl methyl sites for hydroxylation is 1.